The number of para-hydroxylation sites is 3. The Morgan fingerprint density at radius 2 is 1.50 bits per heavy atom. The predicted molar refractivity (Wildman–Crippen MR) is 118 cm³/mol. The molecule has 0 bridgehead atoms. The molecular formula is C26H23N2+. The molecule has 1 aliphatic rings. The zero-order valence-corrected chi connectivity index (χ0v) is 16.4. The topological polar surface area (TPSA) is 8.29 Å². The maximum atomic E-state index is 4.66. The average Bonchev–Trinajstić information content (AvgIpc) is 3.11. The molecule has 0 radical (unpaired) electrons. The number of hydrogen-bond acceptors (Lipinski definition) is 0. The van der Waals surface area contributed by atoms with Gasteiger partial charge in [-0.15, -0.1) is 0 Å². The maximum Gasteiger partial charge on any atom is 0.297 e. The van der Waals surface area contributed by atoms with Crippen molar-refractivity contribution in [1.82, 2.24) is 4.40 Å². The molecule has 0 fully saturated rings. The van der Waals surface area contributed by atoms with Crippen molar-refractivity contribution in [2.45, 2.75) is 32.2 Å². The van der Waals surface area contributed by atoms with Crippen LogP contribution in [-0.2, 0) is 5.54 Å². The lowest BCUT2D eigenvalue weighted by Gasteiger charge is -2.35. The summed E-state index contributed by atoms with van der Waals surface area (Å²) < 4.78 is 5.06. The molecule has 6 rings (SSSR count). The molecule has 0 N–H and O–H groups in total. The second kappa shape index (κ2) is 5.23. The number of pyridine rings is 1. The van der Waals surface area contributed by atoms with E-state index in [1.807, 2.05) is 0 Å². The summed E-state index contributed by atoms with van der Waals surface area (Å²) in [5.41, 5.74) is 7.59. The highest BCUT2D eigenvalue weighted by Crippen LogP contribution is 2.46. The lowest BCUT2D eigenvalue weighted by molar-refractivity contribution is -0.703. The number of imidazole rings is 1. The van der Waals surface area contributed by atoms with Gasteiger partial charge in [0, 0.05) is 16.3 Å². The van der Waals surface area contributed by atoms with Crippen LogP contribution in [0.15, 0.2) is 73.3 Å². The lowest BCUT2D eigenvalue weighted by Crippen LogP contribution is -2.57. The number of nitrogens with zero attached hydrogens (tertiary/aromatic N) is 2. The van der Waals surface area contributed by atoms with Crippen LogP contribution in [0.2, 0.25) is 0 Å². The van der Waals surface area contributed by atoms with Gasteiger partial charge in [-0.25, -0.2) is 4.57 Å². The third-order valence-corrected chi connectivity index (χ3v) is 7.00. The van der Waals surface area contributed by atoms with E-state index in [-0.39, 0.29) is 5.54 Å². The standard InChI is InChI=1S/C26H23N2/c1-4-26(5-2)17(3)18-12-10-13-20-19-11-6-7-14-21(19)27-22-15-8-9-16-23(22)28(26)25(27)24(18)20/h6-16H,3-5H2,1-2H3/q+1. The van der Waals surface area contributed by atoms with Gasteiger partial charge in [0.05, 0.1) is 5.39 Å². The Morgan fingerprint density at radius 1 is 0.821 bits per heavy atom. The molecule has 2 nitrogen and oxygen atoms in total. The minimum Gasteiger partial charge on any atom is -0.213 e. The molecule has 3 aromatic carbocycles. The zero-order chi connectivity index (χ0) is 19.0. The lowest BCUT2D eigenvalue weighted by atomic mass is 9.77. The molecule has 2 aromatic heterocycles. The molecule has 0 saturated carbocycles. The largest absolute Gasteiger partial charge is 0.297 e. The SMILES string of the molecule is C=C1c2cccc3c4ccccc4n4c5ccccc5[n+](c4c23)C1(CC)CC. The van der Waals surface area contributed by atoms with Crippen molar-refractivity contribution in [3.8, 4) is 0 Å². The Morgan fingerprint density at radius 3 is 2.29 bits per heavy atom. The van der Waals surface area contributed by atoms with Gasteiger partial charge in [-0.2, -0.15) is 4.40 Å². The van der Waals surface area contributed by atoms with E-state index in [1.54, 1.807) is 0 Å². The highest BCUT2D eigenvalue weighted by atomic mass is 15.2. The van der Waals surface area contributed by atoms with Gasteiger partial charge in [0.15, 0.2) is 11.0 Å². The molecule has 0 amide bonds. The fourth-order valence-corrected chi connectivity index (χ4v) is 5.62. The fraction of sp³-hybridized carbons (Fsp3) is 0.192. The first-order valence-electron chi connectivity index (χ1n) is 10.2. The minimum atomic E-state index is -0.0991. The molecule has 1 aliphatic heterocycles. The number of fused-ring (bicyclic) bond motifs is 6. The third kappa shape index (κ3) is 1.59. The summed E-state index contributed by atoms with van der Waals surface area (Å²) in [5, 5.41) is 3.95. The Bertz CT molecular complexity index is 1450. The molecule has 5 aromatic rings. The Kier molecular flexibility index (Phi) is 2.97. The van der Waals surface area contributed by atoms with Gasteiger partial charge < -0.3 is 0 Å². The Hall–Kier alpha value is -3.13. The number of hydrogen-bond donors (Lipinski definition) is 0. The van der Waals surface area contributed by atoms with E-state index in [2.05, 4.69) is 96.1 Å². The fourth-order valence-electron chi connectivity index (χ4n) is 5.62. The third-order valence-electron chi connectivity index (χ3n) is 7.00. The van der Waals surface area contributed by atoms with Gasteiger partial charge in [0.1, 0.15) is 11.1 Å². The van der Waals surface area contributed by atoms with Gasteiger partial charge in [0.25, 0.3) is 5.65 Å². The molecule has 2 heteroatoms. The molecule has 0 unspecified atom stereocenters. The summed E-state index contributed by atoms with van der Waals surface area (Å²) in [6.45, 7) is 9.25. The Labute approximate surface area is 164 Å². The maximum absolute atomic E-state index is 4.66. The monoisotopic (exact) mass is 363 g/mol. The summed E-state index contributed by atoms with van der Waals surface area (Å²) >= 11 is 0. The normalized spacial score (nSPS) is 15.4. The van der Waals surface area contributed by atoms with Crippen molar-refractivity contribution in [2.75, 3.05) is 0 Å². The molecule has 0 aliphatic carbocycles. The van der Waals surface area contributed by atoms with E-state index in [9.17, 15) is 0 Å². The number of rotatable bonds is 2. The van der Waals surface area contributed by atoms with Crippen molar-refractivity contribution in [2.24, 2.45) is 0 Å². The minimum absolute atomic E-state index is 0.0991. The van der Waals surface area contributed by atoms with Gasteiger partial charge in [-0.3, -0.25) is 0 Å². The van der Waals surface area contributed by atoms with Crippen LogP contribution in [0.3, 0.4) is 0 Å². The molecule has 0 atom stereocenters. The van der Waals surface area contributed by atoms with Crippen LogP contribution in [-0.4, -0.2) is 4.40 Å². The van der Waals surface area contributed by atoms with Gasteiger partial charge >= 0.3 is 0 Å². The van der Waals surface area contributed by atoms with Crippen LogP contribution >= 0.6 is 0 Å². The summed E-state index contributed by atoms with van der Waals surface area (Å²) in [6, 6.07) is 24.3. The smallest absolute Gasteiger partial charge is 0.213 e. The number of allylic oxidation sites excluding steroid dienone is 1. The van der Waals surface area contributed by atoms with Crippen molar-refractivity contribution in [1.29, 1.82) is 0 Å². The molecule has 0 saturated heterocycles. The number of benzene rings is 3. The molecule has 28 heavy (non-hydrogen) atoms. The van der Waals surface area contributed by atoms with E-state index in [1.165, 1.54) is 49.5 Å². The van der Waals surface area contributed by atoms with E-state index >= 15 is 0 Å². The van der Waals surface area contributed by atoms with Crippen LogP contribution in [0, 0.1) is 0 Å². The van der Waals surface area contributed by atoms with Crippen molar-refractivity contribution < 1.29 is 4.57 Å². The van der Waals surface area contributed by atoms with Crippen molar-refractivity contribution in [3.63, 3.8) is 0 Å². The van der Waals surface area contributed by atoms with Gasteiger partial charge in [-0.1, -0.05) is 69.0 Å². The highest BCUT2D eigenvalue weighted by Gasteiger charge is 2.46. The van der Waals surface area contributed by atoms with Crippen LogP contribution in [0.5, 0.6) is 0 Å². The second-order valence-corrected chi connectivity index (χ2v) is 7.95. The first kappa shape index (κ1) is 15.9. The number of aromatic nitrogens is 2. The summed E-state index contributed by atoms with van der Waals surface area (Å²) in [5.74, 6) is 0. The van der Waals surface area contributed by atoms with Crippen LogP contribution in [0.1, 0.15) is 32.3 Å². The highest BCUT2D eigenvalue weighted by molar-refractivity contribution is 6.16. The predicted octanol–water partition coefficient (Wildman–Crippen LogP) is 6.23. The van der Waals surface area contributed by atoms with E-state index in [0.717, 1.165) is 12.8 Å². The quantitative estimate of drug-likeness (QED) is 0.260. The van der Waals surface area contributed by atoms with E-state index < -0.39 is 0 Å². The average molecular weight is 363 g/mol. The van der Waals surface area contributed by atoms with Gasteiger partial charge in [0.2, 0.25) is 0 Å². The summed E-state index contributed by atoms with van der Waals surface area (Å²) in [4.78, 5) is 0. The van der Waals surface area contributed by atoms with E-state index in [4.69, 9.17) is 0 Å². The zero-order valence-electron chi connectivity index (χ0n) is 16.4. The Balaban J connectivity index is 2.08. The summed E-state index contributed by atoms with van der Waals surface area (Å²) in [6.07, 6.45) is 2.05. The first-order valence-corrected chi connectivity index (χ1v) is 10.2. The second-order valence-electron chi connectivity index (χ2n) is 7.95. The molecule has 136 valence electrons. The van der Waals surface area contributed by atoms with Crippen molar-refractivity contribution in [3.05, 3.63) is 78.9 Å². The van der Waals surface area contributed by atoms with Crippen LogP contribution in [0.25, 0.3) is 43.9 Å². The van der Waals surface area contributed by atoms with Crippen molar-refractivity contribution >= 4 is 43.9 Å². The van der Waals surface area contributed by atoms with E-state index in [0.29, 0.717) is 0 Å². The first-order chi connectivity index (χ1) is 13.7. The van der Waals surface area contributed by atoms with Gasteiger partial charge in [-0.05, 0) is 36.6 Å². The molecule has 0 spiro atoms. The molecular weight excluding hydrogens is 340 g/mol. The summed E-state index contributed by atoms with van der Waals surface area (Å²) in [7, 11) is 0. The van der Waals surface area contributed by atoms with Crippen LogP contribution < -0.4 is 4.57 Å². The molecule has 3 heterocycles. The van der Waals surface area contributed by atoms with Crippen LogP contribution in [0.4, 0.5) is 0 Å².